The maximum atomic E-state index is 5.96. The third-order valence-electron chi connectivity index (χ3n) is 2.24. The van der Waals surface area contributed by atoms with Gasteiger partial charge in [-0.15, -0.1) is 0 Å². The average molecular weight is 252 g/mol. The second-order valence-electron chi connectivity index (χ2n) is 3.27. The zero-order valence-corrected chi connectivity index (χ0v) is 10.1. The van der Waals surface area contributed by atoms with Gasteiger partial charge in [0.2, 0.25) is 0 Å². The first-order valence-electron chi connectivity index (χ1n) is 4.72. The zero-order chi connectivity index (χ0) is 11.5. The van der Waals surface area contributed by atoms with Gasteiger partial charge in [0, 0.05) is 0 Å². The van der Waals surface area contributed by atoms with Crippen molar-refractivity contribution in [3.05, 3.63) is 52.5 Å². The number of methoxy groups -OCH3 is 1. The Morgan fingerprint density at radius 3 is 2.56 bits per heavy atom. The molecule has 0 amide bonds. The Balaban J connectivity index is 2.46. The van der Waals surface area contributed by atoms with Gasteiger partial charge in [0.25, 0.3) is 0 Å². The molecule has 0 bridgehead atoms. The van der Waals surface area contributed by atoms with Gasteiger partial charge in [-0.25, -0.2) is 0 Å². The van der Waals surface area contributed by atoms with Crippen molar-refractivity contribution in [3.8, 4) is 16.9 Å². The summed E-state index contributed by atoms with van der Waals surface area (Å²) in [6, 6.07) is 14.2. The molecule has 0 aliphatic rings. The van der Waals surface area contributed by atoms with Crippen LogP contribution in [0.25, 0.3) is 11.1 Å². The SMILES string of the molecule is COc1cc[c]c(-c2ccc(Cl)c(Cl)c2)c1. The van der Waals surface area contributed by atoms with Crippen LogP contribution in [0.2, 0.25) is 10.0 Å². The summed E-state index contributed by atoms with van der Waals surface area (Å²) in [6.45, 7) is 0. The molecular weight excluding hydrogens is 243 g/mol. The molecule has 16 heavy (non-hydrogen) atoms. The van der Waals surface area contributed by atoms with E-state index in [0.717, 1.165) is 16.9 Å². The molecule has 2 aromatic rings. The highest BCUT2D eigenvalue weighted by Crippen LogP contribution is 2.29. The largest absolute Gasteiger partial charge is 0.497 e. The molecule has 0 saturated heterocycles. The van der Waals surface area contributed by atoms with Crippen LogP contribution in [-0.4, -0.2) is 7.11 Å². The van der Waals surface area contributed by atoms with Gasteiger partial charge in [0.1, 0.15) is 5.75 Å². The van der Waals surface area contributed by atoms with E-state index in [1.54, 1.807) is 13.2 Å². The zero-order valence-electron chi connectivity index (χ0n) is 8.63. The highest BCUT2D eigenvalue weighted by Gasteiger charge is 2.03. The highest BCUT2D eigenvalue weighted by atomic mass is 35.5. The van der Waals surface area contributed by atoms with Crippen molar-refractivity contribution in [2.24, 2.45) is 0 Å². The number of halogens is 2. The molecule has 0 unspecified atom stereocenters. The fourth-order valence-electron chi connectivity index (χ4n) is 1.40. The summed E-state index contributed by atoms with van der Waals surface area (Å²) in [5.74, 6) is 0.792. The van der Waals surface area contributed by atoms with E-state index in [-0.39, 0.29) is 0 Å². The van der Waals surface area contributed by atoms with Crippen molar-refractivity contribution in [1.29, 1.82) is 0 Å². The van der Waals surface area contributed by atoms with Crippen molar-refractivity contribution in [2.75, 3.05) is 7.11 Å². The van der Waals surface area contributed by atoms with E-state index in [4.69, 9.17) is 27.9 Å². The monoisotopic (exact) mass is 251 g/mol. The molecule has 0 aliphatic carbocycles. The molecule has 0 N–H and O–H groups in total. The van der Waals surface area contributed by atoms with Gasteiger partial charge in [-0.3, -0.25) is 0 Å². The number of hydrogen-bond donors (Lipinski definition) is 0. The second-order valence-corrected chi connectivity index (χ2v) is 4.09. The number of ether oxygens (including phenoxy) is 1. The van der Waals surface area contributed by atoms with E-state index in [9.17, 15) is 0 Å². The molecule has 1 nitrogen and oxygen atoms in total. The Hall–Kier alpha value is -1.18. The lowest BCUT2D eigenvalue weighted by Crippen LogP contribution is -1.84. The lowest BCUT2D eigenvalue weighted by atomic mass is 10.1. The van der Waals surface area contributed by atoms with E-state index < -0.39 is 0 Å². The van der Waals surface area contributed by atoms with Gasteiger partial charge < -0.3 is 4.74 Å². The van der Waals surface area contributed by atoms with Crippen LogP contribution in [-0.2, 0) is 0 Å². The first kappa shape index (κ1) is 11.3. The summed E-state index contributed by atoms with van der Waals surface area (Å²) in [4.78, 5) is 0. The molecular formula is C13H9Cl2O. The molecule has 0 fully saturated rings. The van der Waals surface area contributed by atoms with E-state index >= 15 is 0 Å². The Labute approximate surface area is 105 Å². The summed E-state index contributed by atoms with van der Waals surface area (Å²) < 4.78 is 5.15. The van der Waals surface area contributed by atoms with Crippen LogP contribution < -0.4 is 4.74 Å². The summed E-state index contributed by atoms with van der Waals surface area (Å²) in [5.41, 5.74) is 1.89. The first-order valence-corrected chi connectivity index (χ1v) is 5.47. The first-order chi connectivity index (χ1) is 7.70. The molecule has 0 aromatic heterocycles. The van der Waals surface area contributed by atoms with Crippen LogP contribution in [0.5, 0.6) is 5.75 Å². The third-order valence-corrected chi connectivity index (χ3v) is 2.98. The molecule has 81 valence electrons. The Kier molecular flexibility index (Phi) is 3.37. The molecule has 2 rings (SSSR count). The van der Waals surface area contributed by atoms with Crippen molar-refractivity contribution in [2.45, 2.75) is 0 Å². The molecule has 2 aromatic carbocycles. The second kappa shape index (κ2) is 4.77. The Bertz CT molecular complexity index is 509. The molecule has 0 aliphatic heterocycles. The Morgan fingerprint density at radius 2 is 1.88 bits per heavy atom. The molecule has 0 atom stereocenters. The molecule has 0 saturated carbocycles. The fourth-order valence-corrected chi connectivity index (χ4v) is 1.70. The molecule has 3 heteroatoms. The van der Waals surface area contributed by atoms with Gasteiger partial charge in [-0.1, -0.05) is 35.3 Å². The van der Waals surface area contributed by atoms with Gasteiger partial charge >= 0.3 is 0 Å². The lowest BCUT2D eigenvalue weighted by molar-refractivity contribution is 0.415. The van der Waals surface area contributed by atoms with Crippen LogP contribution in [0.1, 0.15) is 0 Å². The van der Waals surface area contributed by atoms with Gasteiger partial charge in [-0.2, -0.15) is 0 Å². The van der Waals surface area contributed by atoms with Crippen LogP contribution in [0.3, 0.4) is 0 Å². The van der Waals surface area contributed by atoms with Crippen molar-refractivity contribution >= 4 is 23.2 Å². The minimum Gasteiger partial charge on any atom is -0.497 e. The number of hydrogen-bond acceptors (Lipinski definition) is 1. The van der Waals surface area contributed by atoms with Crippen LogP contribution >= 0.6 is 23.2 Å². The van der Waals surface area contributed by atoms with Crippen LogP contribution in [0.15, 0.2) is 36.4 Å². The maximum absolute atomic E-state index is 5.96. The van der Waals surface area contributed by atoms with E-state index in [1.165, 1.54) is 0 Å². The molecule has 0 spiro atoms. The van der Waals surface area contributed by atoms with E-state index in [1.807, 2.05) is 30.3 Å². The van der Waals surface area contributed by atoms with Crippen molar-refractivity contribution in [3.63, 3.8) is 0 Å². The summed E-state index contributed by atoms with van der Waals surface area (Å²) >= 11 is 11.8. The lowest BCUT2D eigenvalue weighted by Gasteiger charge is -2.05. The quantitative estimate of drug-likeness (QED) is 0.766. The average Bonchev–Trinajstić information content (AvgIpc) is 2.33. The summed E-state index contributed by atoms with van der Waals surface area (Å²) in [5, 5.41) is 1.09. The minimum absolute atomic E-state index is 0.537. The van der Waals surface area contributed by atoms with Gasteiger partial charge in [-0.05, 0) is 41.5 Å². The van der Waals surface area contributed by atoms with Gasteiger partial charge in [0.15, 0.2) is 0 Å². The van der Waals surface area contributed by atoms with Crippen molar-refractivity contribution in [1.82, 2.24) is 0 Å². The normalized spacial score (nSPS) is 10.2. The minimum atomic E-state index is 0.537. The van der Waals surface area contributed by atoms with E-state index in [0.29, 0.717) is 10.0 Å². The van der Waals surface area contributed by atoms with E-state index in [2.05, 4.69) is 6.07 Å². The fraction of sp³-hybridized carbons (Fsp3) is 0.0769. The topological polar surface area (TPSA) is 9.23 Å². The number of rotatable bonds is 2. The summed E-state index contributed by atoms with van der Waals surface area (Å²) in [6.07, 6.45) is 0. The van der Waals surface area contributed by atoms with Crippen LogP contribution in [0, 0.1) is 6.07 Å². The third kappa shape index (κ3) is 2.31. The summed E-state index contributed by atoms with van der Waals surface area (Å²) in [7, 11) is 1.63. The highest BCUT2D eigenvalue weighted by molar-refractivity contribution is 6.42. The smallest absolute Gasteiger partial charge is 0.119 e. The molecule has 1 radical (unpaired) electrons. The van der Waals surface area contributed by atoms with Crippen LogP contribution in [0.4, 0.5) is 0 Å². The molecule has 0 heterocycles. The van der Waals surface area contributed by atoms with Gasteiger partial charge in [0.05, 0.1) is 17.2 Å². The Morgan fingerprint density at radius 1 is 1.06 bits per heavy atom. The maximum Gasteiger partial charge on any atom is 0.119 e. The number of benzene rings is 2. The predicted molar refractivity (Wildman–Crippen MR) is 67.3 cm³/mol. The predicted octanol–water partition coefficient (Wildman–Crippen LogP) is 4.47. The standard InChI is InChI=1S/C13H9Cl2O/c1-16-11-4-2-3-9(7-11)10-5-6-12(14)13(15)8-10/h2,4-8H,1H3. The van der Waals surface area contributed by atoms with Crippen molar-refractivity contribution < 1.29 is 4.74 Å².